The zero-order valence-corrected chi connectivity index (χ0v) is 24.9. The smallest absolute Gasteiger partial charge is 0.278 e. The topological polar surface area (TPSA) is 139 Å². The van der Waals surface area contributed by atoms with Gasteiger partial charge in [0.2, 0.25) is 29.3 Å². The van der Waals surface area contributed by atoms with Crippen LogP contribution in [-0.2, 0) is 4.79 Å². The summed E-state index contributed by atoms with van der Waals surface area (Å²) in [4.78, 5) is 30.9. The van der Waals surface area contributed by atoms with Gasteiger partial charge in [0.1, 0.15) is 6.17 Å². The number of alkyl halides is 5. The number of hydrogen-bond acceptors (Lipinski definition) is 8. The highest BCUT2D eigenvalue weighted by Crippen LogP contribution is 2.45. The van der Waals surface area contributed by atoms with Crippen molar-refractivity contribution in [1.29, 1.82) is 0 Å². The van der Waals surface area contributed by atoms with Crippen LogP contribution >= 0.6 is 0 Å². The van der Waals surface area contributed by atoms with Crippen molar-refractivity contribution in [3.63, 3.8) is 0 Å². The molecule has 3 aromatic rings. The summed E-state index contributed by atoms with van der Waals surface area (Å²) in [5, 5.41) is 20.9. The van der Waals surface area contributed by atoms with Crippen LogP contribution in [0.25, 0.3) is 5.65 Å². The lowest BCUT2D eigenvalue weighted by Crippen LogP contribution is -2.39. The molecule has 0 aliphatic heterocycles. The third kappa shape index (κ3) is 6.66. The van der Waals surface area contributed by atoms with Crippen molar-refractivity contribution >= 4 is 23.3 Å². The molecule has 2 atom stereocenters. The Morgan fingerprint density at radius 2 is 1.70 bits per heavy atom. The monoisotopic (exact) mass is 650 g/mol. The Balaban J connectivity index is 1.10. The summed E-state index contributed by atoms with van der Waals surface area (Å²) < 4.78 is 74.4. The standard InChI is InChI=1S/C30H35F5N8O3/c31-19-9-20(10-19)37-27-26(41-46-42-27)28(45)40-25(17-3-5-29(32,33)6-4-17)21-14-43-22(38-21)8-18(13-36-43)24(16-1-2-16)39-23(44)7-15-11-30(34,35)12-15/h8,13-17,19-20,24-25H,1-7,9-12H2,(H,37,42)(H,39,44)(H,40,45)/t19?,20?,24-,25+/m1/s1. The average molecular weight is 651 g/mol. The van der Waals surface area contributed by atoms with Crippen LogP contribution in [0, 0.1) is 17.8 Å². The number of amides is 2. The molecule has 16 heteroatoms. The summed E-state index contributed by atoms with van der Waals surface area (Å²) in [7, 11) is 0. The quantitative estimate of drug-likeness (QED) is 0.237. The molecule has 0 spiro atoms. The van der Waals surface area contributed by atoms with E-state index in [-0.39, 0.29) is 105 Å². The summed E-state index contributed by atoms with van der Waals surface area (Å²) in [6, 6.07) is 0.453. The molecule has 4 saturated carbocycles. The zero-order valence-electron chi connectivity index (χ0n) is 24.9. The number of halogens is 5. The molecule has 3 N–H and O–H groups in total. The number of rotatable bonds is 11. The van der Waals surface area contributed by atoms with E-state index in [4.69, 9.17) is 9.61 Å². The van der Waals surface area contributed by atoms with E-state index in [1.54, 1.807) is 18.5 Å². The van der Waals surface area contributed by atoms with Gasteiger partial charge in [0.25, 0.3) is 5.91 Å². The van der Waals surface area contributed by atoms with E-state index >= 15 is 0 Å². The van der Waals surface area contributed by atoms with E-state index in [0.29, 0.717) is 16.9 Å². The van der Waals surface area contributed by atoms with E-state index < -0.39 is 30.0 Å². The molecule has 4 aliphatic carbocycles. The second-order valence-electron chi connectivity index (χ2n) is 13.5. The fourth-order valence-electron chi connectivity index (χ4n) is 6.89. The minimum absolute atomic E-state index is 0.0408. The predicted molar refractivity (Wildman–Crippen MR) is 152 cm³/mol. The molecule has 0 bridgehead atoms. The summed E-state index contributed by atoms with van der Waals surface area (Å²) >= 11 is 0. The van der Waals surface area contributed by atoms with Gasteiger partial charge in [-0.3, -0.25) is 9.59 Å². The highest BCUT2D eigenvalue weighted by Gasteiger charge is 2.46. The van der Waals surface area contributed by atoms with Gasteiger partial charge in [-0.25, -0.2) is 36.1 Å². The fraction of sp³-hybridized carbons (Fsp3) is 0.667. The fourth-order valence-corrected chi connectivity index (χ4v) is 6.89. The first-order valence-electron chi connectivity index (χ1n) is 15.9. The first-order valence-corrected chi connectivity index (χ1v) is 15.9. The molecule has 248 valence electrons. The summed E-state index contributed by atoms with van der Waals surface area (Å²) in [5.74, 6) is -6.83. The maximum atomic E-state index is 14.1. The van der Waals surface area contributed by atoms with Crippen LogP contribution in [0.3, 0.4) is 0 Å². The lowest BCUT2D eigenvalue weighted by Gasteiger charge is -2.34. The molecule has 3 aromatic heterocycles. The molecule has 2 amide bonds. The molecule has 0 aromatic carbocycles. The molecule has 11 nitrogen and oxygen atoms in total. The van der Waals surface area contributed by atoms with Crippen molar-refractivity contribution in [2.24, 2.45) is 17.8 Å². The SMILES string of the molecule is O=C(CC1CC(F)(F)C1)N[C@@H](c1cnn2cc([C@@H](NC(=O)c3nonc3NC3CC(F)C3)C3CCC(F)(F)CC3)nc2c1)C1CC1. The largest absolute Gasteiger partial charge is 0.362 e. The van der Waals surface area contributed by atoms with E-state index in [0.717, 1.165) is 12.8 Å². The van der Waals surface area contributed by atoms with Crippen molar-refractivity contribution in [3.05, 3.63) is 35.4 Å². The van der Waals surface area contributed by atoms with Gasteiger partial charge in [-0.2, -0.15) is 5.10 Å². The molecular formula is C30H35F5N8O3. The Morgan fingerprint density at radius 3 is 2.37 bits per heavy atom. The highest BCUT2D eigenvalue weighted by molar-refractivity contribution is 5.96. The summed E-state index contributed by atoms with van der Waals surface area (Å²) in [6.07, 6.45) is 3.81. The van der Waals surface area contributed by atoms with Crippen LogP contribution in [-0.4, -0.2) is 60.8 Å². The molecule has 7 rings (SSSR count). The number of anilines is 1. The lowest BCUT2D eigenvalue weighted by molar-refractivity contribution is -0.134. The normalized spacial score (nSPS) is 25.7. The van der Waals surface area contributed by atoms with Crippen LogP contribution in [0.1, 0.15) is 104 Å². The minimum atomic E-state index is -2.79. The molecule has 0 unspecified atom stereocenters. The van der Waals surface area contributed by atoms with Gasteiger partial charge in [0.15, 0.2) is 5.65 Å². The van der Waals surface area contributed by atoms with Crippen LogP contribution in [0.15, 0.2) is 23.1 Å². The minimum Gasteiger partial charge on any atom is -0.362 e. The Morgan fingerprint density at radius 1 is 0.978 bits per heavy atom. The van der Waals surface area contributed by atoms with Crippen molar-refractivity contribution in [2.45, 2.75) is 107 Å². The molecular weight excluding hydrogens is 615 g/mol. The van der Waals surface area contributed by atoms with Crippen molar-refractivity contribution in [3.8, 4) is 0 Å². The van der Waals surface area contributed by atoms with Crippen molar-refractivity contribution in [1.82, 2.24) is 35.5 Å². The first kappa shape index (κ1) is 30.8. The molecule has 46 heavy (non-hydrogen) atoms. The van der Waals surface area contributed by atoms with Gasteiger partial charge >= 0.3 is 0 Å². The number of hydrogen-bond donors (Lipinski definition) is 3. The number of carbonyl (C=O) groups excluding carboxylic acids is 2. The molecule has 4 fully saturated rings. The zero-order chi connectivity index (χ0) is 32.2. The third-order valence-corrected chi connectivity index (χ3v) is 9.74. The maximum Gasteiger partial charge on any atom is 0.278 e. The molecule has 0 radical (unpaired) electrons. The average Bonchev–Trinajstić information content (AvgIpc) is 3.55. The second kappa shape index (κ2) is 11.7. The van der Waals surface area contributed by atoms with Gasteiger partial charge in [-0.1, -0.05) is 0 Å². The Labute approximate surface area is 260 Å². The number of fused-ring (bicyclic) bond motifs is 1. The maximum absolute atomic E-state index is 14.1. The second-order valence-corrected chi connectivity index (χ2v) is 13.5. The van der Waals surface area contributed by atoms with Crippen molar-refractivity contribution < 1.29 is 36.2 Å². The number of imidazole rings is 1. The van der Waals surface area contributed by atoms with Gasteiger partial charge < -0.3 is 16.0 Å². The van der Waals surface area contributed by atoms with Crippen LogP contribution < -0.4 is 16.0 Å². The Bertz CT molecular complexity index is 1590. The Hall–Kier alpha value is -3.85. The van der Waals surface area contributed by atoms with Crippen LogP contribution in [0.2, 0.25) is 0 Å². The number of nitrogens with one attached hydrogen (secondary N) is 3. The molecule has 3 heterocycles. The molecule has 0 saturated heterocycles. The number of aromatic nitrogens is 5. The van der Waals surface area contributed by atoms with Crippen LogP contribution in [0.5, 0.6) is 0 Å². The number of nitrogens with zero attached hydrogens (tertiary/aromatic N) is 5. The first-order chi connectivity index (χ1) is 21.9. The van der Waals surface area contributed by atoms with Gasteiger partial charge in [0, 0.05) is 38.1 Å². The highest BCUT2D eigenvalue weighted by atomic mass is 19.3. The van der Waals surface area contributed by atoms with Gasteiger partial charge in [-0.15, -0.1) is 0 Å². The van der Waals surface area contributed by atoms with E-state index in [2.05, 4.69) is 31.4 Å². The van der Waals surface area contributed by atoms with E-state index in [9.17, 15) is 31.5 Å². The Kier molecular flexibility index (Phi) is 7.86. The van der Waals surface area contributed by atoms with Gasteiger partial charge in [-0.05, 0) is 78.2 Å². The number of carbonyl (C=O) groups is 2. The van der Waals surface area contributed by atoms with E-state index in [1.807, 2.05) is 0 Å². The van der Waals surface area contributed by atoms with Crippen molar-refractivity contribution in [2.75, 3.05) is 5.32 Å². The predicted octanol–water partition coefficient (Wildman–Crippen LogP) is 5.32. The molecule has 4 aliphatic rings. The lowest BCUT2D eigenvalue weighted by atomic mass is 9.79. The van der Waals surface area contributed by atoms with Crippen LogP contribution in [0.4, 0.5) is 27.8 Å². The van der Waals surface area contributed by atoms with E-state index in [1.165, 1.54) is 4.52 Å². The summed E-state index contributed by atoms with van der Waals surface area (Å²) in [6.45, 7) is 0. The summed E-state index contributed by atoms with van der Waals surface area (Å²) in [5.41, 5.74) is 1.43. The third-order valence-electron chi connectivity index (χ3n) is 9.74. The van der Waals surface area contributed by atoms with Gasteiger partial charge in [0.05, 0.1) is 30.2 Å².